The Balaban J connectivity index is 1.70. The lowest BCUT2D eigenvalue weighted by Crippen LogP contribution is -2.28. The molecule has 2 aromatic rings. The summed E-state index contributed by atoms with van der Waals surface area (Å²) in [6.45, 7) is 1.24. The highest BCUT2D eigenvalue weighted by atomic mass is 16.6. The second-order valence-electron chi connectivity index (χ2n) is 4.95. The van der Waals surface area contributed by atoms with Crippen molar-refractivity contribution in [2.75, 3.05) is 13.2 Å². The first-order valence-corrected chi connectivity index (χ1v) is 7.27. The molecule has 2 aromatic carbocycles. The van der Waals surface area contributed by atoms with Gasteiger partial charge in [-0.15, -0.1) is 0 Å². The van der Waals surface area contributed by atoms with Crippen LogP contribution in [-0.2, 0) is 22.6 Å². The van der Waals surface area contributed by atoms with E-state index in [-0.39, 0.29) is 18.0 Å². The van der Waals surface area contributed by atoms with Crippen LogP contribution in [0.5, 0.6) is 0 Å². The van der Waals surface area contributed by atoms with Crippen molar-refractivity contribution in [1.82, 2.24) is 5.32 Å². The number of nitrogens with one attached hydrogen (secondary N) is 1. The molecule has 120 valence electrons. The molecule has 0 bridgehead atoms. The van der Waals surface area contributed by atoms with Crippen molar-refractivity contribution in [2.45, 2.75) is 13.0 Å². The maximum Gasteiger partial charge on any atom is 0.273 e. The van der Waals surface area contributed by atoms with Gasteiger partial charge in [-0.1, -0.05) is 48.5 Å². The van der Waals surface area contributed by atoms with Crippen LogP contribution in [0.25, 0.3) is 0 Å². The zero-order valence-electron chi connectivity index (χ0n) is 12.6. The van der Waals surface area contributed by atoms with Crippen LogP contribution in [0.4, 0.5) is 5.69 Å². The minimum atomic E-state index is -0.481. The van der Waals surface area contributed by atoms with Gasteiger partial charge in [0.25, 0.3) is 5.69 Å². The minimum Gasteiger partial charge on any atom is -0.375 e. The monoisotopic (exact) mass is 314 g/mol. The topological polar surface area (TPSA) is 81.5 Å². The van der Waals surface area contributed by atoms with E-state index in [1.165, 1.54) is 6.07 Å². The molecule has 0 heterocycles. The molecule has 6 heteroatoms. The molecule has 0 atom stereocenters. The zero-order chi connectivity index (χ0) is 16.5. The maximum atomic E-state index is 11.8. The fourth-order valence-electron chi connectivity index (χ4n) is 2.10. The molecule has 0 aliphatic carbocycles. The lowest BCUT2D eigenvalue weighted by Gasteiger charge is -2.07. The fraction of sp³-hybridized carbons (Fsp3) is 0.235. The number of nitro groups is 1. The number of amides is 1. The molecular formula is C17H18N2O4. The van der Waals surface area contributed by atoms with Gasteiger partial charge in [-0.05, 0) is 5.56 Å². The van der Waals surface area contributed by atoms with Crippen LogP contribution in [0.2, 0.25) is 0 Å². The van der Waals surface area contributed by atoms with Gasteiger partial charge in [-0.3, -0.25) is 14.9 Å². The summed E-state index contributed by atoms with van der Waals surface area (Å²) in [6, 6.07) is 16.0. The Labute approximate surface area is 134 Å². The number of rotatable bonds is 8. The molecule has 0 unspecified atom stereocenters. The van der Waals surface area contributed by atoms with Gasteiger partial charge in [0.15, 0.2) is 0 Å². The Morgan fingerprint density at radius 2 is 1.78 bits per heavy atom. The molecule has 23 heavy (non-hydrogen) atoms. The summed E-state index contributed by atoms with van der Waals surface area (Å²) in [6.07, 6.45) is -0.0180. The summed E-state index contributed by atoms with van der Waals surface area (Å²) in [7, 11) is 0. The Bertz CT molecular complexity index is 659. The largest absolute Gasteiger partial charge is 0.375 e. The molecule has 0 aromatic heterocycles. The van der Waals surface area contributed by atoms with E-state index in [0.29, 0.717) is 25.3 Å². The molecule has 0 radical (unpaired) electrons. The van der Waals surface area contributed by atoms with Gasteiger partial charge in [0.05, 0.1) is 24.6 Å². The van der Waals surface area contributed by atoms with Crippen LogP contribution < -0.4 is 5.32 Å². The van der Waals surface area contributed by atoms with Gasteiger partial charge in [-0.25, -0.2) is 0 Å². The lowest BCUT2D eigenvalue weighted by atomic mass is 10.1. The number of carbonyl (C=O) groups excluding carboxylic acids is 1. The molecule has 0 aliphatic rings. The molecule has 1 amide bonds. The maximum absolute atomic E-state index is 11.8. The summed E-state index contributed by atoms with van der Waals surface area (Å²) in [4.78, 5) is 22.2. The van der Waals surface area contributed by atoms with Gasteiger partial charge in [0, 0.05) is 18.2 Å². The van der Waals surface area contributed by atoms with Crippen molar-refractivity contribution >= 4 is 11.6 Å². The van der Waals surface area contributed by atoms with Gasteiger partial charge >= 0.3 is 0 Å². The van der Waals surface area contributed by atoms with E-state index >= 15 is 0 Å². The molecule has 0 aliphatic heterocycles. The van der Waals surface area contributed by atoms with E-state index in [2.05, 4.69) is 5.32 Å². The highest BCUT2D eigenvalue weighted by Gasteiger charge is 2.14. The Morgan fingerprint density at radius 3 is 2.52 bits per heavy atom. The Hall–Kier alpha value is -2.73. The number of carbonyl (C=O) groups is 1. The third kappa shape index (κ3) is 5.52. The van der Waals surface area contributed by atoms with E-state index in [1.54, 1.807) is 18.2 Å². The van der Waals surface area contributed by atoms with Gasteiger partial charge < -0.3 is 10.1 Å². The number of nitro benzene ring substituents is 1. The van der Waals surface area contributed by atoms with Crippen molar-refractivity contribution in [3.05, 3.63) is 75.8 Å². The highest BCUT2D eigenvalue weighted by molar-refractivity contribution is 5.79. The number of hydrogen-bond donors (Lipinski definition) is 1. The summed E-state index contributed by atoms with van der Waals surface area (Å²) < 4.78 is 5.46. The third-order valence-electron chi connectivity index (χ3n) is 3.22. The number of nitrogens with zero attached hydrogens (tertiary/aromatic N) is 1. The molecule has 0 spiro atoms. The van der Waals surface area contributed by atoms with Gasteiger partial charge in [-0.2, -0.15) is 0 Å². The Kier molecular flexibility index (Phi) is 6.26. The van der Waals surface area contributed by atoms with E-state index in [1.807, 2.05) is 30.3 Å². The van der Waals surface area contributed by atoms with Gasteiger partial charge in [0.2, 0.25) is 5.91 Å². The van der Waals surface area contributed by atoms with Crippen molar-refractivity contribution in [3.63, 3.8) is 0 Å². The summed E-state index contributed by atoms with van der Waals surface area (Å²) >= 11 is 0. The number of para-hydroxylation sites is 1. The molecule has 0 fully saturated rings. The normalized spacial score (nSPS) is 10.3. The summed E-state index contributed by atoms with van der Waals surface area (Å²) in [5, 5.41) is 13.6. The second-order valence-corrected chi connectivity index (χ2v) is 4.95. The predicted octanol–water partition coefficient (Wildman–Crippen LogP) is 2.47. The third-order valence-corrected chi connectivity index (χ3v) is 3.22. The predicted molar refractivity (Wildman–Crippen MR) is 85.9 cm³/mol. The first kappa shape index (κ1) is 16.6. The summed E-state index contributed by atoms with van der Waals surface area (Å²) in [5.41, 5.74) is 1.43. The smallest absolute Gasteiger partial charge is 0.273 e. The van der Waals surface area contributed by atoms with Crippen LogP contribution in [0.15, 0.2) is 54.6 Å². The van der Waals surface area contributed by atoms with Crippen molar-refractivity contribution in [2.24, 2.45) is 0 Å². The first-order valence-electron chi connectivity index (χ1n) is 7.27. The lowest BCUT2D eigenvalue weighted by molar-refractivity contribution is -0.385. The van der Waals surface area contributed by atoms with E-state index in [9.17, 15) is 14.9 Å². The number of benzene rings is 2. The van der Waals surface area contributed by atoms with Crippen LogP contribution in [-0.4, -0.2) is 24.0 Å². The summed E-state index contributed by atoms with van der Waals surface area (Å²) in [5.74, 6) is -0.261. The SMILES string of the molecule is O=C(Cc1ccccc1[N+](=O)[O-])NCCOCc1ccccc1. The fourth-order valence-corrected chi connectivity index (χ4v) is 2.10. The zero-order valence-corrected chi connectivity index (χ0v) is 12.6. The van der Waals surface area contributed by atoms with E-state index in [0.717, 1.165) is 5.56 Å². The van der Waals surface area contributed by atoms with Crippen LogP contribution in [0.1, 0.15) is 11.1 Å². The minimum absolute atomic E-state index is 0.0180. The van der Waals surface area contributed by atoms with E-state index in [4.69, 9.17) is 4.74 Å². The van der Waals surface area contributed by atoms with Crippen molar-refractivity contribution in [1.29, 1.82) is 0 Å². The number of hydrogen-bond acceptors (Lipinski definition) is 4. The standard InChI is InChI=1S/C17H18N2O4/c20-17(12-15-8-4-5-9-16(15)19(21)22)18-10-11-23-13-14-6-2-1-3-7-14/h1-9H,10-13H2,(H,18,20). The molecule has 1 N–H and O–H groups in total. The number of ether oxygens (including phenoxy) is 1. The second kappa shape index (κ2) is 8.65. The Morgan fingerprint density at radius 1 is 1.09 bits per heavy atom. The van der Waals surface area contributed by atoms with Crippen LogP contribution >= 0.6 is 0 Å². The molecule has 0 saturated carbocycles. The van der Waals surface area contributed by atoms with Crippen LogP contribution in [0.3, 0.4) is 0 Å². The van der Waals surface area contributed by atoms with E-state index < -0.39 is 4.92 Å². The van der Waals surface area contributed by atoms with Crippen molar-refractivity contribution < 1.29 is 14.5 Å². The average Bonchev–Trinajstić information content (AvgIpc) is 2.56. The molecular weight excluding hydrogens is 296 g/mol. The highest BCUT2D eigenvalue weighted by Crippen LogP contribution is 2.17. The molecule has 6 nitrogen and oxygen atoms in total. The average molecular weight is 314 g/mol. The van der Waals surface area contributed by atoms with Crippen LogP contribution in [0, 0.1) is 10.1 Å². The molecule has 0 saturated heterocycles. The quantitative estimate of drug-likeness (QED) is 0.461. The first-order chi connectivity index (χ1) is 11.2. The molecule has 2 rings (SSSR count). The van der Waals surface area contributed by atoms with Crippen molar-refractivity contribution in [3.8, 4) is 0 Å². The van der Waals surface area contributed by atoms with Gasteiger partial charge in [0.1, 0.15) is 0 Å².